The molecule has 1 heterocycles. The number of ether oxygens (including phenoxy) is 1. The molecule has 3 unspecified atom stereocenters. The van der Waals surface area contributed by atoms with E-state index in [2.05, 4.69) is 11.8 Å². The van der Waals surface area contributed by atoms with Gasteiger partial charge in [0.2, 0.25) is 0 Å². The van der Waals surface area contributed by atoms with E-state index in [0.29, 0.717) is 12.3 Å². The highest BCUT2D eigenvalue weighted by atomic mass is 16.5. The number of aliphatic hydroxyl groups is 1. The predicted octanol–water partition coefficient (Wildman–Crippen LogP) is 3.53. The first-order valence-electron chi connectivity index (χ1n) is 9.33. The Bertz CT molecular complexity index is 681. The summed E-state index contributed by atoms with van der Waals surface area (Å²) in [6.45, 7) is 7.49. The highest BCUT2D eigenvalue weighted by Gasteiger charge is 2.44. The Hall–Kier alpha value is -1.63. The van der Waals surface area contributed by atoms with Crippen LogP contribution in [0, 0.1) is 37.5 Å². The van der Waals surface area contributed by atoms with E-state index in [1.807, 2.05) is 32.9 Å². The Balaban J connectivity index is 1.82. The number of carbonyl (C=O) groups excluding carboxylic acids is 1. The van der Waals surface area contributed by atoms with Crippen LogP contribution in [0.5, 0.6) is 0 Å². The molecule has 3 atom stereocenters. The van der Waals surface area contributed by atoms with Gasteiger partial charge in [0.15, 0.2) is 0 Å². The zero-order valence-corrected chi connectivity index (χ0v) is 15.5. The van der Waals surface area contributed by atoms with Crippen LogP contribution < -0.4 is 0 Å². The predicted molar refractivity (Wildman–Crippen MR) is 98.5 cm³/mol. The maximum Gasteiger partial charge on any atom is 0.143 e. The van der Waals surface area contributed by atoms with Crippen LogP contribution in [0.4, 0.5) is 0 Å². The molecule has 2 aliphatic rings. The van der Waals surface area contributed by atoms with Gasteiger partial charge in [-0.3, -0.25) is 4.79 Å². The topological polar surface area (TPSA) is 46.5 Å². The van der Waals surface area contributed by atoms with Crippen LogP contribution in [0.3, 0.4) is 0 Å². The van der Waals surface area contributed by atoms with E-state index < -0.39 is 6.10 Å². The maximum absolute atomic E-state index is 12.7. The lowest BCUT2D eigenvalue weighted by Crippen LogP contribution is -2.26. The Morgan fingerprint density at radius 3 is 2.44 bits per heavy atom. The fourth-order valence-corrected chi connectivity index (χ4v) is 4.62. The molecule has 25 heavy (non-hydrogen) atoms. The summed E-state index contributed by atoms with van der Waals surface area (Å²) in [5.74, 6) is 6.46. The van der Waals surface area contributed by atoms with Crippen LogP contribution in [-0.4, -0.2) is 30.2 Å². The first-order valence-corrected chi connectivity index (χ1v) is 9.33. The van der Waals surface area contributed by atoms with Gasteiger partial charge < -0.3 is 9.84 Å². The van der Waals surface area contributed by atoms with Crippen LogP contribution in [0.1, 0.15) is 60.8 Å². The minimum absolute atomic E-state index is 0.0783. The van der Waals surface area contributed by atoms with Crippen molar-refractivity contribution in [2.45, 2.75) is 58.5 Å². The summed E-state index contributed by atoms with van der Waals surface area (Å²) in [5, 5.41) is 10.9. The number of hydrogen-bond acceptors (Lipinski definition) is 3. The summed E-state index contributed by atoms with van der Waals surface area (Å²) in [5.41, 5.74) is 4.09. The van der Waals surface area contributed by atoms with Crippen LogP contribution in [-0.2, 0) is 9.53 Å². The lowest BCUT2D eigenvalue weighted by Gasteiger charge is -2.27. The number of aliphatic hydroxyl groups excluding tert-OH is 1. The summed E-state index contributed by atoms with van der Waals surface area (Å²) in [4.78, 5) is 12.7. The molecule has 0 aromatic heterocycles. The maximum atomic E-state index is 12.7. The number of rotatable bonds is 3. The minimum atomic E-state index is -0.573. The van der Waals surface area contributed by atoms with E-state index in [1.54, 1.807) is 0 Å². The Morgan fingerprint density at radius 1 is 1.20 bits per heavy atom. The van der Waals surface area contributed by atoms with Gasteiger partial charge in [-0.1, -0.05) is 5.92 Å². The zero-order valence-electron chi connectivity index (χ0n) is 15.5. The molecular weight excluding hydrogens is 312 g/mol. The largest absolute Gasteiger partial charge is 0.392 e. The molecule has 1 aromatic carbocycles. The smallest absolute Gasteiger partial charge is 0.143 e. The summed E-state index contributed by atoms with van der Waals surface area (Å²) in [7, 11) is 0. The molecule has 1 saturated carbocycles. The van der Waals surface area contributed by atoms with E-state index in [9.17, 15) is 9.90 Å². The average Bonchev–Trinajstić information content (AvgIpc) is 2.83. The second-order valence-electron chi connectivity index (χ2n) is 7.59. The van der Waals surface area contributed by atoms with Crippen molar-refractivity contribution in [1.82, 2.24) is 0 Å². The number of benzene rings is 1. The van der Waals surface area contributed by atoms with E-state index in [4.69, 9.17) is 4.74 Å². The minimum Gasteiger partial charge on any atom is -0.392 e. The molecule has 3 nitrogen and oxygen atoms in total. The summed E-state index contributed by atoms with van der Waals surface area (Å²) >= 11 is 0. The first-order chi connectivity index (χ1) is 12.0. The molecule has 0 spiro atoms. The van der Waals surface area contributed by atoms with E-state index in [0.717, 1.165) is 54.7 Å². The molecule has 1 saturated heterocycles. The molecule has 0 radical (unpaired) electrons. The van der Waals surface area contributed by atoms with Gasteiger partial charge in [-0.15, -0.1) is 5.92 Å². The van der Waals surface area contributed by atoms with Crippen LogP contribution in [0.15, 0.2) is 12.1 Å². The third kappa shape index (κ3) is 3.81. The molecule has 0 bridgehead atoms. The molecule has 0 amide bonds. The van der Waals surface area contributed by atoms with Gasteiger partial charge in [-0.25, -0.2) is 0 Å². The average molecular weight is 340 g/mol. The van der Waals surface area contributed by atoms with Gasteiger partial charge in [0.1, 0.15) is 5.78 Å². The van der Waals surface area contributed by atoms with Crippen molar-refractivity contribution < 1.29 is 14.6 Å². The lowest BCUT2D eigenvalue weighted by molar-refractivity contribution is -0.119. The van der Waals surface area contributed by atoms with E-state index in [1.165, 1.54) is 0 Å². The third-order valence-electron chi connectivity index (χ3n) is 5.79. The first kappa shape index (κ1) is 18.2. The van der Waals surface area contributed by atoms with Crippen molar-refractivity contribution in [3.8, 4) is 11.8 Å². The van der Waals surface area contributed by atoms with Crippen molar-refractivity contribution in [2.75, 3.05) is 13.2 Å². The molecule has 1 aliphatic heterocycles. The molecule has 3 rings (SSSR count). The van der Waals surface area contributed by atoms with Gasteiger partial charge in [0, 0.05) is 25.2 Å². The highest BCUT2D eigenvalue weighted by Crippen LogP contribution is 2.42. The van der Waals surface area contributed by atoms with Crippen molar-refractivity contribution in [3.63, 3.8) is 0 Å². The zero-order chi connectivity index (χ0) is 18.0. The number of aryl methyl sites for hydroxylation is 2. The fraction of sp³-hybridized carbons (Fsp3) is 0.591. The molecule has 1 aliphatic carbocycles. The number of hydrogen-bond donors (Lipinski definition) is 1. The van der Waals surface area contributed by atoms with Gasteiger partial charge in [-0.05, 0) is 80.7 Å². The Morgan fingerprint density at radius 2 is 1.84 bits per heavy atom. The summed E-state index contributed by atoms with van der Waals surface area (Å²) < 4.78 is 5.42. The lowest BCUT2D eigenvalue weighted by atomic mass is 9.83. The SMILES string of the molecule is CC#Cc1cc(C)c(C2C(=O)CC(CC3CCOCC3)C2O)c(C)c1. The van der Waals surface area contributed by atoms with Crippen molar-refractivity contribution >= 4 is 5.78 Å². The van der Waals surface area contributed by atoms with Crippen LogP contribution in [0.25, 0.3) is 0 Å². The van der Waals surface area contributed by atoms with E-state index >= 15 is 0 Å². The second kappa shape index (κ2) is 7.72. The van der Waals surface area contributed by atoms with Gasteiger partial charge >= 0.3 is 0 Å². The molecule has 1 N–H and O–H groups in total. The highest BCUT2D eigenvalue weighted by molar-refractivity contribution is 5.90. The summed E-state index contributed by atoms with van der Waals surface area (Å²) in [6.07, 6.45) is 2.95. The quantitative estimate of drug-likeness (QED) is 0.856. The molecule has 3 heteroatoms. The number of carbonyl (C=O) groups is 1. The van der Waals surface area contributed by atoms with Crippen LogP contribution in [0.2, 0.25) is 0 Å². The summed E-state index contributed by atoms with van der Waals surface area (Å²) in [6, 6.07) is 4.06. The number of ketones is 1. The van der Waals surface area contributed by atoms with Gasteiger partial charge in [-0.2, -0.15) is 0 Å². The number of Topliss-reactive ketones (excluding diaryl/α,β-unsaturated/α-hetero) is 1. The monoisotopic (exact) mass is 340 g/mol. The second-order valence-corrected chi connectivity index (χ2v) is 7.59. The normalized spacial score (nSPS) is 27.2. The Kier molecular flexibility index (Phi) is 5.61. The molecule has 2 fully saturated rings. The van der Waals surface area contributed by atoms with Gasteiger partial charge in [0.25, 0.3) is 0 Å². The van der Waals surface area contributed by atoms with Crippen molar-refractivity contribution in [3.05, 3.63) is 34.4 Å². The van der Waals surface area contributed by atoms with Crippen molar-refractivity contribution in [1.29, 1.82) is 0 Å². The fourth-order valence-electron chi connectivity index (χ4n) is 4.62. The van der Waals surface area contributed by atoms with E-state index in [-0.39, 0.29) is 17.6 Å². The molecular formula is C22H28O3. The molecule has 1 aromatic rings. The Labute approximate surface area is 150 Å². The van der Waals surface area contributed by atoms with Crippen molar-refractivity contribution in [2.24, 2.45) is 11.8 Å². The molecule has 134 valence electrons. The third-order valence-corrected chi connectivity index (χ3v) is 5.79. The standard InChI is InChI=1S/C22H28O3/c1-4-5-17-10-14(2)20(15(3)11-17)21-19(23)13-18(22(21)24)12-16-6-8-25-9-7-16/h10-11,16,18,21-22,24H,6-9,12-13H2,1-3H3. The van der Waals surface area contributed by atoms with Crippen LogP contribution >= 0.6 is 0 Å². The van der Waals surface area contributed by atoms with Gasteiger partial charge in [0.05, 0.1) is 12.0 Å².